The Morgan fingerprint density at radius 3 is 2.66 bits per heavy atom. The van der Waals surface area contributed by atoms with Gasteiger partial charge < -0.3 is 19.4 Å². The van der Waals surface area contributed by atoms with Gasteiger partial charge in [-0.15, -0.1) is 0 Å². The quantitative estimate of drug-likeness (QED) is 0.340. The van der Waals surface area contributed by atoms with Crippen LogP contribution in [-0.4, -0.2) is 35.6 Å². The van der Waals surface area contributed by atoms with Crippen LogP contribution in [0.25, 0.3) is 6.08 Å². The maximum atomic E-state index is 13.1. The van der Waals surface area contributed by atoms with E-state index in [1.165, 1.54) is 24.0 Å². The molecule has 2 aromatic rings. The van der Waals surface area contributed by atoms with E-state index in [2.05, 4.69) is 21.2 Å². The number of rotatable bonds is 7. The second-order valence-corrected chi connectivity index (χ2v) is 7.96. The molecule has 166 valence electrons. The van der Waals surface area contributed by atoms with Gasteiger partial charge in [-0.25, -0.2) is 0 Å². The molecule has 2 amide bonds. The zero-order valence-electron chi connectivity index (χ0n) is 17.1. The van der Waals surface area contributed by atoms with Crippen molar-refractivity contribution < 1.29 is 29.0 Å². The fourth-order valence-corrected chi connectivity index (χ4v) is 3.56. The van der Waals surface area contributed by atoms with Gasteiger partial charge in [-0.2, -0.15) is 0 Å². The molecule has 1 aliphatic heterocycles. The predicted octanol–water partition coefficient (Wildman–Crippen LogP) is 2.20. The molecule has 10 heteroatoms. The lowest BCUT2D eigenvalue weighted by atomic mass is 10.1. The first kappa shape index (κ1) is 23.4. The molecule has 2 aromatic carbocycles. The summed E-state index contributed by atoms with van der Waals surface area (Å²) in [5.41, 5.74) is 0.843. The van der Waals surface area contributed by atoms with Crippen molar-refractivity contribution in [2.24, 2.45) is 0 Å². The van der Waals surface area contributed by atoms with E-state index in [0.717, 1.165) is 4.47 Å². The van der Waals surface area contributed by atoms with Crippen molar-refractivity contribution in [1.29, 1.82) is 0 Å². The van der Waals surface area contributed by atoms with E-state index in [9.17, 15) is 19.5 Å². The Kier molecular flexibility index (Phi) is 7.26. The average Bonchev–Trinajstić information content (AvgIpc) is 2.73. The van der Waals surface area contributed by atoms with Crippen LogP contribution >= 0.6 is 28.1 Å². The molecule has 1 fully saturated rings. The van der Waals surface area contributed by atoms with Gasteiger partial charge in [0.05, 0.1) is 18.3 Å². The Balaban J connectivity index is 1.97. The first-order valence-corrected chi connectivity index (χ1v) is 10.7. The van der Waals surface area contributed by atoms with Crippen LogP contribution in [0.1, 0.15) is 19.4 Å². The van der Waals surface area contributed by atoms with Gasteiger partial charge in [-0.3, -0.25) is 19.8 Å². The lowest BCUT2D eigenvalue weighted by molar-refractivity contribution is -0.312. The molecule has 1 aliphatic rings. The lowest BCUT2D eigenvalue weighted by Gasteiger charge is -2.29. The van der Waals surface area contributed by atoms with Crippen molar-refractivity contribution >= 4 is 62.8 Å². The Morgan fingerprint density at radius 1 is 1.25 bits per heavy atom. The van der Waals surface area contributed by atoms with Crippen molar-refractivity contribution in [3.8, 4) is 11.5 Å². The minimum Gasteiger partial charge on any atom is -0.546 e. The maximum absolute atomic E-state index is 13.1. The highest BCUT2D eigenvalue weighted by atomic mass is 79.9. The number of hydrogen-bond acceptors (Lipinski definition) is 7. The number of halogens is 1. The molecule has 1 N–H and O–H groups in total. The fraction of sp³-hybridized carbons (Fsp3) is 0.182. The highest BCUT2D eigenvalue weighted by molar-refractivity contribution is 9.10. The standard InChI is InChI=1S/C22H19BrN2O6S/c1-3-30-18-10-13(7-8-17(18)31-12(2)21(28)29)9-16-19(26)24-22(32)25(20(16)27)15-6-4-5-14(23)11-15/h4-12H,3H2,1-2H3,(H,28,29)(H,24,26,32)/p-1/b16-9-/t12-/m1/s1. The van der Waals surface area contributed by atoms with Crippen LogP contribution in [0.5, 0.6) is 11.5 Å². The second-order valence-electron chi connectivity index (χ2n) is 6.66. The molecule has 0 spiro atoms. The van der Waals surface area contributed by atoms with Crippen LogP contribution in [0, 0.1) is 0 Å². The van der Waals surface area contributed by atoms with Crippen molar-refractivity contribution in [2.45, 2.75) is 20.0 Å². The maximum Gasteiger partial charge on any atom is 0.270 e. The molecule has 8 nitrogen and oxygen atoms in total. The van der Waals surface area contributed by atoms with E-state index in [4.69, 9.17) is 21.7 Å². The molecule has 1 saturated heterocycles. The summed E-state index contributed by atoms with van der Waals surface area (Å²) >= 11 is 8.55. The molecule has 0 aromatic heterocycles. The van der Waals surface area contributed by atoms with Gasteiger partial charge in [0.15, 0.2) is 16.6 Å². The molecule has 0 aliphatic carbocycles. The molecule has 0 radical (unpaired) electrons. The number of amides is 2. The minimum absolute atomic E-state index is 0.0229. The van der Waals surface area contributed by atoms with Crippen molar-refractivity contribution in [2.75, 3.05) is 11.5 Å². The van der Waals surface area contributed by atoms with E-state index in [1.807, 2.05) is 0 Å². The number of nitrogens with one attached hydrogen (secondary N) is 1. The third-order valence-corrected chi connectivity index (χ3v) is 5.16. The summed E-state index contributed by atoms with van der Waals surface area (Å²) in [4.78, 5) is 37.9. The SMILES string of the molecule is CCOc1cc(/C=C2/C(=O)NC(=S)N(c3cccc(Br)c3)C2=O)ccc1O[C@H](C)C(=O)[O-]. The number of hydrogen-bond donors (Lipinski definition) is 1. The van der Waals surface area contributed by atoms with Gasteiger partial charge in [-0.05, 0) is 68.0 Å². The first-order valence-electron chi connectivity index (χ1n) is 9.52. The zero-order chi connectivity index (χ0) is 23.4. The largest absolute Gasteiger partial charge is 0.546 e. The van der Waals surface area contributed by atoms with Crippen LogP contribution in [0.3, 0.4) is 0 Å². The topological polar surface area (TPSA) is 108 Å². The van der Waals surface area contributed by atoms with E-state index >= 15 is 0 Å². The Hall–Kier alpha value is -3.24. The molecule has 0 unspecified atom stereocenters. The molecular weight excluding hydrogens is 500 g/mol. The van der Waals surface area contributed by atoms with E-state index in [0.29, 0.717) is 17.9 Å². The number of carbonyl (C=O) groups is 3. The molecule has 0 saturated carbocycles. The number of carboxylic acids is 1. The molecule has 32 heavy (non-hydrogen) atoms. The highest BCUT2D eigenvalue weighted by Crippen LogP contribution is 2.31. The van der Waals surface area contributed by atoms with E-state index in [-0.39, 0.29) is 22.2 Å². The number of aliphatic carboxylic acids is 1. The highest BCUT2D eigenvalue weighted by Gasteiger charge is 2.34. The number of carbonyl (C=O) groups excluding carboxylic acids is 3. The summed E-state index contributed by atoms with van der Waals surface area (Å²) in [6, 6.07) is 11.6. The van der Waals surface area contributed by atoms with Crippen molar-refractivity contribution in [3.63, 3.8) is 0 Å². The summed E-state index contributed by atoms with van der Waals surface area (Å²) in [6.45, 7) is 3.39. The third kappa shape index (κ3) is 5.14. The molecular formula is C22H18BrN2O6S-. The fourth-order valence-electron chi connectivity index (χ4n) is 2.89. The van der Waals surface area contributed by atoms with Gasteiger partial charge >= 0.3 is 0 Å². The summed E-state index contributed by atoms with van der Waals surface area (Å²) in [5.74, 6) is -2.12. The second kappa shape index (κ2) is 9.92. The molecule has 3 rings (SSSR count). The van der Waals surface area contributed by atoms with Crippen LogP contribution in [0.4, 0.5) is 5.69 Å². The van der Waals surface area contributed by atoms with Crippen molar-refractivity contribution in [3.05, 3.63) is 58.1 Å². The predicted molar refractivity (Wildman–Crippen MR) is 123 cm³/mol. The van der Waals surface area contributed by atoms with Crippen LogP contribution in [0.2, 0.25) is 0 Å². The summed E-state index contributed by atoms with van der Waals surface area (Å²) in [5, 5.41) is 13.5. The van der Waals surface area contributed by atoms with Crippen LogP contribution in [-0.2, 0) is 14.4 Å². The Morgan fingerprint density at radius 2 is 2.00 bits per heavy atom. The lowest BCUT2D eigenvalue weighted by Crippen LogP contribution is -2.54. The van der Waals surface area contributed by atoms with Gasteiger partial charge in [-0.1, -0.05) is 28.1 Å². The Bertz CT molecular complexity index is 1130. The van der Waals surface area contributed by atoms with Gasteiger partial charge in [0.1, 0.15) is 11.7 Å². The number of benzene rings is 2. The zero-order valence-corrected chi connectivity index (χ0v) is 19.5. The summed E-state index contributed by atoms with van der Waals surface area (Å²) < 4.78 is 11.6. The number of thiocarbonyl (C=S) groups is 1. The molecule has 1 atom stereocenters. The van der Waals surface area contributed by atoms with Gasteiger partial charge in [0.2, 0.25) is 0 Å². The molecule has 0 bridgehead atoms. The number of ether oxygens (including phenoxy) is 2. The number of carboxylic acid groups (broad SMARTS) is 1. The van der Waals surface area contributed by atoms with Crippen LogP contribution in [0.15, 0.2) is 52.5 Å². The first-order chi connectivity index (χ1) is 15.2. The van der Waals surface area contributed by atoms with E-state index in [1.54, 1.807) is 43.3 Å². The average molecular weight is 518 g/mol. The number of nitrogens with zero attached hydrogens (tertiary/aromatic N) is 1. The van der Waals surface area contributed by atoms with Crippen molar-refractivity contribution in [1.82, 2.24) is 5.32 Å². The minimum atomic E-state index is -1.37. The third-order valence-electron chi connectivity index (χ3n) is 4.38. The van der Waals surface area contributed by atoms with Gasteiger partial charge in [0, 0.05) is 4.47 Å². The Labute approximate surface area is 197 Å². The summed E-state index contributed by atoms with van der Waals surface area (Å²) in [6.07, 6.45) is 0.211. The summed E-state index contributed by atoms with van der Waals surface area (Å²) in [7, 11) is 0. The monoisotopic (exact) mass is 517 g/mol. The van der Waals surface area contributed by atoms with Gasteiger partial charge in [0.25, 0.3) is 11.8 Å². The number of anilines is 1. The van der Waals surface area contributed by atoms with E-state index < -0.39 is 23.9 Å². The smallest absolute Gasteiger partial charge is 0.270 e. The molecule has 1 heterocycles. The van der Waals surface area contributed by atoms with Crippen LogP contribution < -0.4 is 24.8 Å². The normalized spacial score (nSPS) is 16.0.